The van der Waals surface area contributed by atoms with Gasteiger partial charge in [0.15, 0.2) is 0 Å². The van der Waals surface area contributed by atoms with E-state index in [9.17, 15) is 4.79 Å². The fourth-order valence-corrected chi connectivity index (χ4v) is 3.68. The quantitative estimate of drug-likeness (QED) is 0.889. The van der Waals surface area contributed by atoms with E-state index in [1.807, 2.05) is 21.8 Å². The molecule has 1 saturated carbocycles. The van der Waals surface area contributed by atoms with Crippen LogP contribution in [0.2, 0.25) is 0 Å². The Morgan fingerprint density at radius 2 is 2.00 bits per heavy atom. The maximum absolute atomic E-state index is 12.7. The lowest BCUT2D eigenvalue weighted by Crippen LogP contribution is -2.49. The highest BCUT2D eigenvalue weighted by atomic mass is 35.5. The van der Waals surface area contributed by atoms with Crippen LogP contribution in [-0.4, -0.2) is 71.3 Å². The second kappa shape index (κ2) is 7.85. The molecule has 3 heterocycles. The monoisotopic (exact) mass is 353 g/mol. The van der Waals surface area contributed by atoms with Gasteiger partial charge in [-0.2, -0.15) is 5.10 Å². The summed E-state index contributed by atoms with van der Waals surface area (Å²) in [4.78, 5) is 17.1. The van der Waals surface area contributed by atoms with E-state index in [0.717, 1.165) is 51.6 Å². The molecule has 0 bridgehead atoms. The molecule has 0 aromatic carbocycles. The maximum atomic E-state index is 12.7. The molecule has 4 rings (SSSR count). The third kappa shape index (κ3) is 4.10. The fourth-order valence-electron chi connectivity index (χ4n) is 3.68. The number of carbonyl (C=O) groups excluding carboxylic acids is 1. The van der Waals surface area contributed by atoms with Gasteiger partial charge in [-0.15, -0.1) is 12.4 Å². The molecule has 2 saturated heterocycles. The SMILES string of the molecule is Cl.O=C(c1ccn(C2CCCNC2)n1)N1CCN(CC2CC2)CC1. The van der Waals surface area contributed by atoms with Crippen molar-refractivity contribution in [2.75, 3.05) is 45.8 Å². The van der Waals surface area contributed by atoms with Crippen LogP contribution < -0.4 is 5.32 Å². The number of piperazine rings is 1. The lowest BCUT2D eigenvalue weighted by Gasteiger charge is -2.34. The normalized spacial score (nSPS) is 25.3. The number of hydrogen-bond donors (Lipinski definition) is 1. The minimum Gasteiger partial charge on any atom is -0.335 e. The molecule has 1 unspecified atom stereocenters. The van der Waals surface area contributed by atoms with Crippen LogP contribution in [-0.2, 0) is 0 Å². The first-order valence-corrected chi connectivity index (χ1v) is 9.07. The number of hydrogen-bond acceptors (Lipinski definition) is 4. The van der Waals surface area contributed by atoms with Crippen molar-refractivity contribution in [3.63, 3.8) is 0 Å². The third-order valence-corrected chi connectivity index (χ3v) is 5.35. The zero-order valence-electron chi connectivity index (χ0n) is 14.2. The molecular weight excluding hydrogens is 326 g/mol. The van der Waals surface area contributed by atoms with Crippen LogP contribution in [0.1, 0.15) is 42.2 Å². The summed E-state index contributed by atoms with van der Waals surface area (Å²) >= 11 is 0. The van der Waals surface area contributed by atoms with Crippen LogP contribution in [0.15, 0.2) is 12.3 Å². The lowest BCUT2D eigenvalue weighted by atomic mass is 10.1. The first-order chi connectivity index (χ1) is 11.3. The smallest absolute Gasteiger partial charge is 0.274 e. The highest BCUT2D eigenvalue weighted by Crippen LogP contribution is 2.30. The van der Waals surface area contributed by atoms with Crippen LogP contribution in [0.5, 0.6) is 0 Å². The number of nitrogens with one attached hydrogen (secondary N) is 1. The molecule has 1 aromatic heterocycles. The zero-order chi connectivity index (χ0) is 15.6. The van der Waals surface area contributed by atoms with Gasteiger partial charge in [0.2, 0.25) is 0 Å². The predicted molar refractivity (Wildman–Crippen MR) is 95.7 cm³/mol. The summed E-state index contributed by atoms with van der Waals surface area (Å²) in [6.45, 7) is 6.97. The van der Waals surface area contributed by atoms with Crippen molar-refractivity contribution in [1.29, 1.82) is 0 Å². The number of nitrogens with zero attached hydrogens (tertiary/aromatic N) is 4. The van der Waals surface area contributed by atoms with Crippen LogP contribution in [0, 0.1) is 5.92 Å². The summed E-state index contributed by atoms with van der Waals surface area (Å²) in [7, 11) is 0. The Bertz CT molecular complexity index is 545. The van der Waals surface area contributed by atoms with Gasteiger partial charge in [-0.25, -0.2) is 0 Å². The Hall–Kier alpha value is -1.11. The molecule has 3 aliphatic rings. The van der Waals surface area contributed by atoms with E-state index in [4.69, 9.17) is 0 Å². The Morgan fingerprint density at radius 3 is 2.67 bits per heavy atom. The molecule has 24 heavy (non-hydrogen) atoms. The van der Waals surface area contributed by atoms with E-state index in [2.05, 4.69) is 15.3 Å². The predicted octanol–water partition coefficient (Wildman–Crippen LogP) is 1.40. The van der Waals surface area contributed by atoms with E-state index >= 15 is 0 Å². The van der Waals surface area contributed by atoms with Gasteiger partial charge in [0.25, 0.3) is 5.91 Å². The summed E-state index contributed by atoms with van der Waals surface area (Å²) in [5, 5.41) is 7.96. The topological polar surface area (TPSA) is 53.4 Å². The highest BCUT2D eigenvalue weighted by molar-refractivity contribution is 5.92. The largest absolute Gasteiger partial charge is 0.335 e. The molecule has 1 aromatic rings. The number of amides is 1. The van der Waals surface area contributed by atoms with Gasteiger partial charge in [-0.1, -0.05) is 0 Å². The average Bonchev–Trinajstić information content (AvgIpc) is 3.27. The van der Waals surface area contributed by atoms with E-state index in [1.165, 1.54) is 25.8 Å². The van der Waals surface area contributed by atoms with Crippen molar-refractivity contribution in [2.45, 2.75) is 31.7 Å². The molecule has 134 valence electrons. The van der Waals surface area contributed by atoms with Crippen LogP contribution in [0.4, 0.5) is 0 Å². The molecule has 0 radical (unpaired) electrons. The van der Waals surface area contributed by atoms with Crippen molar-refractivity contribution < 1.29 is 4.79 Å². The summed E-state index contributed by atoms with van der Waals surface area (Å²) in [6.07, 6.45) is 7.08. The zero-order valence-corrected chi connectivity index (χ0v) is 15.0. The summed E-state index contributed by atoms with van der Waals surface area (Å²) in [6, 6.07) is 2.27. The van der Waals surface area contributed by atoms with Crippen molar-refractivity contribution in [3.8, 4) is 0 Å². The standard InChI is InChI=1S/C17H27N5O.ClH/c23-17(21-10-8-20(9-11-21)13-14-3-4-14)16-5-7-22(19-16)15-2-1-6-18-12-15;/h5,7,14-15,18H,1-4,6,8-13H2;1H. The molecule has 1 atom stereocenters. The number of rotatable bonds is 4. The van der Waals surface area contributed by atoms with Crippen molar-refractivity contribution >= 4 is 18.3 Å². The number of halogens is 1. The molecule has 6 nitrogen and oxygen atoms in total. The molecular formula is C17H28ClN5O. The molecule has 1 amide bonds. The molecule has 1 N–H and O–H groups in total. The molecule has 1 aliphatic carbocycles. The first kappa shape index (κ1) is 17.7. The summed E-state index contributed by atoms with van der Waals surface area (Å²) in [5.41, 5.74) is 0.603. The molecule has 7 heteroatoms. The van der Waals surface area contributed by atoms with Crippen LogP contribution in [0.3, 0.4) is 0 Å². The van der Waals surface area contributed by atoms with E-state index in [0.29, 0.717) is 11.7 Å². The van der Waals surface area contributed by atoms with E-state index in [1.54, 1.807) is 0 Å². The lowest BCUT2D eigenvalue weighted by molar-refractivity contribution is 0.0625. The summed E-state index contributed by atoms with van der Waals surface area (Å²) in [5.74, 6) is 1.02. The average molecular weight is 354 g/mol. The van der Waals surface area contributed by atoms with Crippen LogP contribution >= 0.6 is 12.4 Å². The number of piperidine rings is 1. The number of carbonyl (C=O) groups is 1. The van der Waals surface area contributed by atoms with Crippen molar-refractivity contribution in [2.24, 2.45) is 5.92 Å². The van der Waals surface area contributed by atoms with E-state index in [-0.39, 0.29) is 18.3 Å². The number of aromatic nitrogens is 2. The minimum atomic E-state index is 0. The third-order valence-electron chi connectivity index (χ3n) is 5.35. The highest BCUT2D eigenvalue weighted by Gasteiger charge is 2.28. The second-order valence-corrected chi connectivity index (χ2v) is 7.22. The summed E-state index contributed by atoms with van der Waals surface area (Å²) < 4.78 is 1.97. The molecule has 2 aliphatic heterocycles. The van der Waals surface area contributed by atoms with E-state index < -0.39 is 0 Å². The first-order valence-electron chi connectivity index (χ1n) is 9.07. The van der Waals surface area contributed by atoms with Gasteiger partial charge in [-0.3, -0.25) is 14.4 Å². The molecule has 3 fully saturated rings. The van der Waals surface area contributed by atoms with Gasteiger partial charge < -0.3 is 10.2 Å². The van der Waals surface area contributed by atoms with Crippen molar-refractivity contribution in [3.05, 3.63) is 18.0 Å². The van der Waals surface area contributed by atoms with Gasteiger partial charge in [0.05, 0.1) is 6.04 Å². The van der Waals surface area contributed by atoms with Gasteiger partial charge in [-0.05, 0) is 44.2 Å². The second-order valence-electron chi connectivity index (χ2n) is 7.22. The van der Waals surface area contributed by atoms with Gasteiger partial charge in [0.1, 0.15) is 5.69 Å². The van der Waals surface area contributed by atoms with Crippen LogP contribution in [0.25, 0.3) is 0 Å². The Balaban J connectivity index is 0.00000169. The van der Waals surface area contributed by atoms with Crippen molar-refractivity contribution in [1.82, 2.24) is 24.9 Å². The Morgan fingerprint density at radius 1 is 1.21 bits per heavy atom. The maximum Gasteiger partial charge on any atom is 0.274 e. The van der Waals surface area contributed by atoms with Gasteiger partial charge >= 0.3 is 0 Å². The minimum absolute atomic E-state index is 0. The fraction of sp³-hybridized carbons (Fsp3) is 0.765. The Kier molecular flexibility index (Phi) is 5.79. The molecule has 0 spiro atoms. The van der Waals surface area contributed by atoms with Gasteiger partial charge in [0, 0.05) is 45.5 Å². The Labute approximate surface area is 150 Å².